The lowest BCUT2D eigenvalue weighted by Gasteiger charge is -2.23. The van der Waals surface area contributed by atoms with Crippen LogP contribution in [0.25, 0.3) is 0 Å². The van der Waals surface area contributed by atoms with Crippen molar-refractivity contribution in [3.63, 3.8) is 0 Å². The summed E-state index contributed by atoms with van der Waals surface area (Å²) in [6.45, 7) is 1.88. The second-order valence-corrected chi connectivity index (χ2v) is 5.84. The van der Waals surface area contributed by atoms with E-state index in [-0.39, 0.29) is 0 Å². The molecule has 0 radical (unpaired) electrons. The predicted molar refractivity (Wildman–Crippen MR) is 83.5 cm³/mol. The predicted octanol–water partition coefficient (Wildman–Crippen LogP) is 2.92. The van der Waals surface area contributed by atoms with Gasteiger partial charge in [0, 0.05) is 25.1 Å². The zero-order valence-electron chi connectivity index (χ0n) is 12.5. The van der Waals surface area contributed by atoms with Gasteiger partial charge in [0.2, 0.25) is 0 Å². The fraction of sp³-hybridized carbons (Fsp3) is 0.529. The molecule has 0 N–H and O–H groups in total. The summed E-state index contributed by atoms with van der Waals surface area (Å²) in [6, 6.07) is 10.3. The molecular formula is C17H24N2O. The molecule has 3 nitrogen and oxygen atoms in total. The average molecular weight is 272 g/mol. The molecule has 1 aromatic rings. The number of benzene rings is 1. The maximum absolute atomic E-state index is 11.9. The molecule has 0 saturated heterocycles. The molecule has 2 rings (SSSR count). The Kier molecular flexibility index (Phi) is 5.48. The average Bonchev–Trinajstić information content (AvgIpc) is 2.44. The smallest absolute Gasteiger partial charge is 0.139 e. The van der Waals surface area contributed by atoms with Crippen LogP contribution in [0.15, 0.2) is 35.3 Å². The first-order valence-electron chi connectivity index (χ1n) is 7.38. The molecule has 0 amide bonds. The highest BCUT2D eigenvalue weighted by molar-refractivity contribution is 6.05. The number of hydrogen-bond acceptors (Lipinski definition) is 3. The van der Waals surface area contributed by atoms with Gasteiger partial charge in [-0.25, -0.2) is 0 Å². The Morgan fingerprint density at radius 3 is 2.65 bits per heavy atom. The number of rotatable bonds is 5. The zero-order chi connectivity index (χ0) is 14.4. The van der Waals surface area contributed by atoms with E-state index >= 15 is 0 Å². The second-order valence-electron chi connectivity index (χ2n) is 5.84. The molecule has 0 spiro atoms. The van der Waals surface area contributed by atoms with Crippen LogP contribution < -0.4 is 0 Å². The Bertz CT molecular complexity index is 465. The zero-order valence-corrected chi connectivity index (χ0v) is 12.5. The molecule has 108 valence electrons. The van der Waals surface area contributed by atoms with Crippen molar-refractivity contribution in [1.82, 2.24) is 4.90 Å². The lowest BCUT2D eigenvalue weighted by Crippen LogP contribution is -2.22. The van der Waals surface area contributed by atoms with Crippen molar-refractivity contribution in [1.29, 1.82) is 0 Å². The number of ketones is 1. The van der Waals surface area contributed by atoms with Crippen molar-refractivity contribution in [3.8, 4) is 0 Å². The van der Waals surface area contributed by atoms with Crippen LogP contribution in [-0.2, 0) is 4.79 Å². The molecular weight excluding hydrogens is 248 g/mol. The molecule has 0 heterocycles. The maximum Gasteiger partial charge on any atom is 0.139 e. The summed E-state index contributed by atoms with van der Waals surface area (Å²) in [5.74, 6) is 0.654. The van der Waals surface area contributed by atoms with E-state index in [1.54, 1.807) is 0 Å². The third kappa shape index (κ3) is 4.57. The number of carbonyl (C=O) groups excluding carboxylic acids is 1. The lowest BCUT2D eigenvalue weighted by atomic mass is 9.82. The summed E-state index contributed by atoms with van der Waals surface area (Å²) < 4.78 is 0. The van der Waals surface area contributed by atoms with Crippen molar-refractivity contribution in [2.24, 2.45) is 4.99 Å². The highest BCUT2D eigenvalue weighted by Gasteiger charge is 2.24. The Morgan fingerprint density at radius 2 is 1.95 bits per heavy atom. The highest BCUT2D eigenvalue weighted by atomic mass is 16.1. The number of carbonyl (C=O) groups is 1. The topological polar surface area (TPSA) is 32.7 Å². The van der Waals surface area contributed by atoms with Crippen LogP contribution in [0.4, 0.5) is 0 Å². The Labute approximate surface area is 121 Å². The van der Waals surface area contributed by atoms with Gasteiger partial charge in [-0.1, -0.05) is 30.3 Å². The molecule has 1 saturated carbocycles. The molecule has 0 unspecified atom stereocenters. The van der Waals surface area contributed by atoms with E-state index in [9.17, 15) is 4.79 Å². The van der Waals surface area contributed by atoms with Crippen molar-refractivity contribution < 1.29 is 4.79 Å². The summed E-state index contributed by atoms with van der Waals surface area (Å²) in [6.07, 6.45) is 3.23. The number of Topliss-reactive ketones (excluding diaryl/α,β-unsaturated/α-hetero) is 1. The molecule has 1 aromatic carbocycles. The minimum Gasteiger partial charge on any atom is -0.309 e. The van der Waals surface area contributed by atoms with Gasteiger partial charge in [0.15, 0.2) is 0 Å². The third-order valence-corrected chi connectivity index (χ3v) is 3.73. The minimum atomic E-state index is 0.324. The van der Waals surface area contributed by atoms with Crippen LogP contribution in [0.3, 0.4) is 0 Å². The Balaban J connectivity index is 1.94. The monoisotopic (exact) mass is 272 g/mol. The van der Waals surface area contributed by atoms with Gasteiger partial charge in [-0.15, -0.1) is 0 Å². The lowest BCUT2D eigenvalue weighted by molar-refractivity contribution is -0.118. The van der Waals surface area contributed by atoms with Crippen LogP contribution >= 0.6 is 0 Å². The van der Waals surface area contributed by atoms with Gasteiger partial charge in [0.25, 0.3) is 0 Å². The first kappa shape index (κ1) is 14.9. The van der Waals surface area contributed by atoms with Crippen LogP contribution in [0.2, 0.25) is 0 Å². The van der Waals surface area contributed by atoms with Gasteiger partial charge in [0.1, 0.15) is 5.78 Å². The van der Waals surface area contributed by atoms with Gasteiger partial charge in [0.05, 0.1) is 0 Å². The summed E-state index contributed by atoms with van der Waals surface area (Å²) in [7, 11) is 4.14. The number of nitrogens with zero attached hydrogens (tertiary/aromatic N) is 2. The molecule has 1 fully saturated rings. The molecule has 0 bridgehead atoms. The molecule has 1 atom stereocenters. The van der Waals surface area contributed by atoms with Crippen LogP contribution in [0, 0.1) is 0 Å². The summed E-state index contributed by atoms with van der Waals surface area (Å²) in [4.78, 5) is 18.7. The largest absolute Gasteiger partial charge is 0.309 e. The van der Waals surface area contributed by atoms with Gasteiger partial charge < -0.3 is 4.90 Å². The van der Waals surface area contributed by atoms with Gasteiger partial charge in [-0.3, -0.25) is 9.79 Å². The van der Waals surface area contributed by atoms with Gasteiger partial charge in [-0.05, 0) is 45.0 Å². The third-order valence-electron chi connectivity index (χ3n) is 3.73. The normalized spacial score (nSPS) is 21.6. The standard InChI is InChI=1S/C17H24N2O/c1-19(2)10-6-9-18-16-11-15(12-17(20)13-16)14-7-4-3-5-8-14/h3-5,7-8,15H,6,9-13H2,1-2H3/t15-/m0/s1. The molecule has 20 heavy (non-hydrogen) atoms. The molecule has 3 heteroatoms. The van der Waals surface area contributed by atoms with Crippen molar-refractivity contribution in [2.45, 2.75) is 31.6 Å². The van der Waals surface area contributed by atoms with Crippen molar-refractivity contribution >= 4 is 11.5 Å². The number of aliphatic imine (C=N–C) groups is 1. The SMILES string of the molecule is CN(C)CCCN=C1CC(=O)C[C@@H](c2ccccc2)C1. The summed E-state index contributed by atoms with van der Waals surface area (Å²) in [5.41, 5.74) is 2.36. The van der Waals surface area contributed by atoms with E-state index < -0.39 is 0 Å². The first-order valence-corrected chi connectivity index (χ1v) is 7.38. The van der Waals surface area contributed by atoms with Gasteiger partial charge >= 0.3 is 0 Å². The van der Waals surface area contributed by atoms with E-state index in [1.807, 2.05) is 18.2 Å². The minimum absolute atomic E-state index is 0.324. The Hall–Kier alpha value is -1.48. The van der Waals surface area contributed by atoms with Crippen molar-refractivity contribution in [3.05, 3.63) is 35.9 Å². The van der Waals surface area contributed by atoms with Crippen LogP contribution in [0.1, 0.15) is 37.2 Å². The van der Waals surface area contributed by atoms with Crippen molar-refractivity contribution in [2.75, 3.05) is 27.2 Å². The van der Waals surface area contributed by atoms with E-state index in [4.69, 9.17) is 0 Å². The Morgan fingerprint density at radius 1 is 1.20 bits per heavy atom. The molecule has 1 aliphatic rings. The van der Waals surface area contributed by atoms with Crippen LogP contribution in [-0.4, -0.2) is 43.6 Å². The van der Waals surface area contributed by atoms with E-state index in [1.165, 1.54) is 5.56 Å². The van der Waals surface area contributed by atoms with E-state index in [0.717, 1.165) is 31.6 Å². The molecule has 0 aromatic heterocycles. The van der Waals surface area contributed by atoms with Gasteiger partial charge in [-0.2, -0.15) is 0 Å². The quantitative estimate of drug-likeness (QED) is 0.772. The van der Waals surface area contributed by atoms with E-state index in [2.05, 4.69) is 36.1 Å². The highest BCUT2D eigenvalue weighted by Crippen LogP contribution is 2.29. The number of hydrogen-bond donors (Lipinski definition) is 0. The second kappa shape index (κ2) is 7.34. The summed E-state index contributed by atoms with van der Waals surface area (Å²) >= 11 is 0. The fourth-order valence-corrected chi connectivity index (χ4v) is 2.71. The first-order chi connectivity index (χ1) is 9.65. The summed E-state index contributed by atoms with van der Waals surface area (Å²) in [5, 5.41) is 0. The van der Waals surface area contributed by atoms with Crippen LogP contribution in [0.5, 0.6) is 0 Å². The molecule has 1 aliphatic carbocycles. The molecule has 0 aliphatic heterocycles. The maximum atomic E-state index is 11.9. The van der Waals surface area contributed by atoms with E-state index in [0.29, 0.717) is 24.5 Å². The fourth-order valence-electron chi connectivity index (χ4n) is 2.71.